The second-order valence-corrected chi connectivity index (χ2v) is 11.2. The molecule has 1 N–H and O–H groups in total. The van der Waals surface area contributed by atoms with Gasteiger partial charge in [0.05, 0.1) is 7.11 Å². The first kappa shape index (κ1) is 21.6. The fraction of sp³-hybridized carbons (Fsp3) is 0.696. The standard InChI is InChI=1S/C23H34N2O4S/c1-16(20-14-17-7-8-18(20)13-17)24-23(26)19-9-10-21(29-2)22(15-19)30(27,28)25-11-5-3-4-6-12-25/h9-10,15-18,20H,3-8,11-14H2,1-2H3,(H,24,26). The van der Waals surface area contributed by atoms with Crippen LogP contribution in [-0.4, -0.2) is 44.9 Å². The Bertz CT molecular complexity index is 877. The fourth-order valence-corrected chi connectivity index (χ4v) is 7.44. The minimum absolute atomic E-state index is 0.0899. The van der Waals surface area contributed by atoms with Gasteiger partial charge in [-0.2, -0.15) is 4.31 Å². The molecule has 0 spiro atoms. The molecule has 1 heterocycles. The molecule has 6 nitrogen and oxygen atoms in total. The Labute approximate surface area is 180 Å². The topological polar surface area (TPSA) is 75.7 Å². The molecule has 1 amide bonds. The van der Waals surface area contributed by atoms with Crippen LogP contribution in [0.4, 0.5) is 0 Å². The van der Waals surface area contributed by atoms with Crippen LogP contribution in [0, 0.1) is 17.8 Å². The van der Waals surface area contributed by atoms with E-state index in [1.165, 1.54) is 43.2 Å². The second kappa shape index (κ2) is 8.87. The average Bonchev–Trinajstić information content (AvgIpc) is 3.27. The van der Waals surface area contributed by atoms with Crippen molar-refractivity contribution in [3.8, 4) is 5.75 Å². The molecule has 1 saturated heterocycles. The van der Waals surface area contributed by atoms with Gasteiger partial charge in [-0.15, -0.1) is 0 Å². The molecule has 0 radical (unpaired) electrons. The van der Waals surface area contributed by atoms with E-state index in [4.69, 9.17) is 4.74 Å². The lowest BCUT2D eigenvalue weighted by Crippen LogP contribution is -2.40. The van der Waals surface area contributed by atoms with Gasteiger partial charge in [0, 0.05) is 24.7 Å². The molecule has 30 heavy (non-hydrogen) atoms. The van der Waals surface area contributed by atoms with E-state index < -0.39 is 10.0 Å². The van der Waals surface area contributed by atoms with Crippen LogP contribution in [0.2, 0.25) is 0 Å². The number of fused-ring (bicyclic) bond motifs is 2. The Morgan fingerprint density at radius 2 is 1.87 bits per heavy atom. The summed E-state index contributed by atoms with van der Waals surface area (Å²) < 4.78 is 33.5. The molecule has 4 unspecified atom stereocenters. The molecule has 166 valence electrons. The molecule has 7 heteroatoms. The first-order valence-corrected chi connectivity index (χ1v) is 12.8. The number of methoxy groups -OCH3 is 1. The predicted molar refractivity (Wildman–Crippen MR) is 116 cm³/mol. The van der Waals surface area contributed by atoms with Crippen molar-refractivity contribution < 1.29 is 17.9 Å². The molecule has 1 aromatic carbocycles. The van der Waals surface area contributed by atoms with Crippen LogP contribution in [0.3, 0.4) is 0 Å². The van der Waals surface area contributed by atoms with Crippen LogP contribution in [0.15, 0.2) is 23.1 Å². The number of sulfonamides is 1. The number of hydrogen-bond donors (Lipinski definition) is 1. The van der Waals surface area contributed by atoms with Gasteiger partial charge in [0.15, 0.2) is 0 Å². The Kier molecular flexibility index (Phi) is 6.39. The first-order valence-electron chi connectivity index (χ1n) is 11.4. The van der Waals surface area contributed by atoms with Crippen molar-refractivity contribution in [2.45, 2.75) is 69.2 Å². The van der Waals surface area contributed by atoms with Crippen molar-refractivity contribution in [2.75, 3.05) is 20.2 Å². The molecule has 3 fully saturated rings. The largest absolute Gasteiger partial charge is 0.495 e. The smallest absolute Gasteiger partial charge is 0.251 e. The maximum Gasteiger partial charge on any atom is 0.251 e. The van der Waals surface area contributed by atoms with Crippen LogP contribution in [-0.2, 0) is 10.0 Å². The van der Waals surface area contributed by atoms with Crippen molar-refractivity contribution in [1.29, 1.82) is 0 Å². The van der Waals surface area contributed by atoms with Crippen molar-refractivity contribution in [1.82, 2.24) is 9.62 Å². The zero-order valence-corrected chi connectivity index (χ0v) is 18.9. The normalized spacial score (nSPS) is 28.1. The van der Waals surface area contributed by atoms with E-state index in [1.54, 1.807) is 12.1 Å². The second-order valence-electron chi connectivity index (χ2n) is 9.28. The van der Waals surface area contributed by atoms with Gasteiger partial charge in [0.2, 0.25) is 10.0 Å². The Morgan fingerprint density at radius 3 is 2.47 bits per heavy atom. The van der Waals surface area contributed by atoms with Gasteiger partial charge in [0.1, 0.15) is 10.6 Å². The van der Waals surface area contributed by atoms with Gasteiger partial charge in [-0.1, -0.05) is 19.3 Å². The van der Waals surface area contributed by atoms with E-state index in [9.17, 15) is 13.2 Å². The fourth-order valence-electron chi connectivity index (χ4n) is 5.74. The van der Waals surface area contributed by atoms with Crippen molar-refractivity contribution in [2.24, 2.45) is 17.8 Å². The maximum atomic E-state index is 13.3. The van der Waals surface area contributed by atoms with E-state index in [0.717, 1.165) is 37.5 Å². The quantitative estimate of drug-likeness (QED) is 0.739. The summed E-state index contributed by atoms with van der Waals surface area (Å²) in [5.41, 5.74) is 0.374. The monoisotopic (exact) mass is 434 g/mol. The van der Waals surface area contributed by atoms with E-state index in [2.05, 4.69) is 12.2 Å². The highest BCUT2D eigenvalue weighted by molar-refractivity contribution is 7.89. The minimum Gasteiger partial charge on any atom is -0.495 e. The van der Waals surface area contributed by atoms with Crippen LogP contribution in [0.25, 0.3) is 0 Å². The van der Waals surface area contributed by atoms with Gasteiger partial charge in [-0.05, 0) is 75.0 Å². The molecule has 3 aliphatic rings. The van der Waals surface area contributed by atoms with E-state index in [0.29, 0.717) is 24.6 Å². The number of rotatable bonds is 6. The molecule has 2 aliphatic carbocycles. The highest BCUT2D eigenvalue weighted by atomic mass is 32.2. The zero-order valence-electron chi connectivity index (χ0n) is 18.1. The molecule has 1 aliphatic heterocycles. The third-order valence-electron chi connectivity index (χ3n) is 7.40. The molecule has 2 bridgehead atoms. The Balaban J connectivity index is 1.53. The third kappa shape index (κ3) is 4.24. The number of nitrogens with one attached hydrogen (secondary N) is 1. The summed E-state index contributed by atoms with van der Waals surface area (Å²) in [6.07, 6.45) is 8.92. The van der Waals surface area contributed by atoms with E-state index in [1.807, 2.05) is 0 Å². The summed E-state index contributed by atoms with van der Waals surface area (Å²) in [6, 6.07) is 4.84. The Hall–Kier alpha value is -1.60. The minimum atomic E-state index is -3.71. The summed E-state index contributed by atoms with van der Waals surface area (Å²) in [4.78, 5) is 13.1. The van der Waals surface area contributed by atoms with E-state index in [-0.39, 0.29) is 22.6 Å². The van der Waals surface area contributed by atoms with E-state index >= 15 is 0 Å². The third-order valence-corrected chi connectivity index (χ3v) is 9.32. The van der Waals surface area contributed by atoms with Crippen LogP contribution in [0.5, 0.6) is 5.75 Å². The molecule has 4 rings (SSSR count). The van der Waals surface area contributed by atoms with Gasteiger partial charge < -0.3 is 10.1 Å². The van der Waals surface area contributed by atoms with Crippen molar-refractivity contribution in [3.05, 3.63) is 23.8 Å². The highest BCUT2D eigenvalue weighted by Crippen LogP contribution is 2.49. The highest BCUT2D eigenvalue weighted by Gasteiger charge is 2.42. The average molecular weight is 435 g/mol. The molecule has 0 aromatic heterocycles. The number of hydrogen-bond acceptors (Lipinski definition) is 4. The summed E-state index contributed by atoms with van der Waals surface area (Å²) in [6.45, 7) is 3.12. The van der Waals surface area contributed by atoms with Crippen LogP contribution < -0.4 is 10.1 Å². The van der Waals surface area contributed by atoms with Crippen LogP contribution >= 0.6 is 0 Å². The SMILES string of the molecule is COc1ccc(C(=O)NC(C)C2CC3CCC2C3)cc1S(=O)(=O)N1CCCCCC1. The zero-order chi connectivity index (χ0) is 21.3. The number of amides is 1. The van der Waals surface area contributed by atoms with Crippen molar-refractivity contribution >= 4 is 15.9 Å². The molecule has 4 atom stereocenters. The number of carbonyl (C=O) groups excluding carboxylic acids is 1. The summed E-state index contributed by atoms with van der Waals surface area (Å²) in [5.74, 6) is 2.16. The number of benzene rings is 1. The Morgan fingerprint density at radius 1 is 1.13 bits per heavy atom. The first-order chi connectivity index (χ1) is 14.4. The summed E-state index contributed by atoms with van der Waals surface area (Å²) in [5, 5.41) is 3.14. The lowest BCUT2D eigenvalue weighted by molar-refractivity contribution is 0.0915. The van der Waals surface area contributed by atoms with Gasteiger partial charge >= 0.3 is 0 Å². The summed E-state index contributed by atoms with van der Waals surface area (Å²) in [7, 11) is -2.24. The maximum absolute atomic E-state index is 13.3. The van der Waals surface area contributed by atoms with Crippen LogP contribution in [0.1, 0.15) is 68.6 Å². The molecule has 2 saturated carbocycles. The number of ether oxygens (including phenoxy) is 1. The summed E-state index contributed by atoms with van der Waals surface area (Å²) >= 11 is 0. The van der Waals surface area contributed by atoms with Crippen molar-refractivity contribution in [3.63, 3.8) is 0 Å². The van der Waals surface area contributed by atoms with Gasteiger partial charge in [-0.25, -0.2) is 8.42 Å². The lowest BCUT2D eigenvalue weighted by Gasteiger charge is -2.28. The van der Waals surface area contributed by atoms with Gasteiger partial charge in [-0.3, -0.25) is 4.79 Å². The molecular weight excluding hydrogens is 400 g/mol. The predicted octanol–water partition coefficient (Wildman–Crippen LogP) is 3.81. The molecular formula is C23H34N2O4S. The lowest BCUT2D eigenvalue weighted by atomic mass is 9.84. The molecule has 1 aromatic rings. The number of nitrogens with zero attached hydrogens (tertiary/aromatic N) is 1. The van der Waals surface area contributed by atoms with Gasteiger partial charge in [0.25, 0.3) is 5.91 Å². The number of carbonyl (C=O) groups is 1.